The highest BCUT2D eigenvalue weighted by molar-refractivity contribution is 8.00. The van der Waals surface area contributed by atoms with Crippen LogP contribution in [0, 0.1) is 5.92 Å². The Bertz CT molecular complexity index is 385. The molecule has 1 unspecified atom stereocenters. The molecule has 0 bridgehead atoms. The van der Waals surface area contributed by atoms with Crippen molar-refractivity contribution in [2.24, 2.45) is 5.92 Å². The van der Waals surface area contributed by atoms with Crippen LogP contribution in [0.5, 0.6) is 0 Å². The second-order valence-electron chi connectivity index (χ2n) is 4.05. The number of benzene rings is 1. The van der Waals surface area contributed by atoms with Gasteiger partial charge in [0, 0.05) is 11.5 Å². The highest BCUT2D eigenvalue weighted by atomic mass is 32.2. The molecule has 1 rings (SSSR count). The molecule has 1 amide bonds. The van der Waals surface area contributed by atoms with Crippen molar-refractivity contribution < 1.29 is 9.90 Å². The van der Waals surface area contributed by atoms with Gasteiger partial charge >= 0.3 is 0 Å². The summed E-state index contributed by atoms with van der Waals surface area (Å²) in [5.74, 6) is 1.47. The van der Waals surface area contributed by atoms with Crippen molar-refractivity contribution in [3.05, 3.63) is 24.3 Å². The number of carbonyl (C=O) groups is 1. The third-order valence-corrected chi connectivity index (χ3v) is 4.40. The van der Waals surface area contributed by atoms with Crippen LogP contribution in [0.25, 0.3) is 0 Å². The summed E-state index contributed by atoms with van der Waals surface area (Å²) in [5, 5.41) is 11.8. The Morgan fingerprint density at radius 3 is 2.83 bits per heavy atom. The molecule has 2 N–H and O–H groups in total. The number of amides is 1. The fourth-order valence-corrected chi connectivity index (χ4v) is 2.78. The summed E-state index contributed by atoms with van der Waals surface area (Å²) in [4.78, 5) is 12.8. The minimum Gasteiger partial charge on any atom is -0.396 e. The molecule has 0 heterocycles. The zero-order valence-corrected chi connectivity index (χ0v) is 12.3. The van der Waals surface area contributed by atoms with Crippen molar-refractivity contribution >= 4 is 35.1 Å². The van der Waals surface area contributed by atoms with E-state index in [1.54, 1.807) is 23.5 Å². The first-order chi connectivity index (χ1) is 8.67. The van der Waals surface area contributed by atoms with Gasteiger partial charge in [-0.2, -0.15) is 11.8 Å². The van der Waals surface area contributed by atoms with Crippen LogP contribution in [0.2, 0.25) is 0 Å². The lowest BCUT2D eigenvalue weighted by atomic mass is 10.2. The van der Waals surface area contributed by atoms with Crippen LogP contribution in [0.1, 0.15) is 6.92 Å². The molecule has 0 aliphatic rings. The summed E-state index contributed by atoms with van der Waals surface area (Å²) in [6, 6.07) is 7.77. The minimum atomic E-state index is 0.00615. The summed E-state index contributed by atoms with van der Waals surface area (Å²) in [6.45, 7) is 2.14. The van der Waals surface area contributed by atoms with Gasteiger partial charge in [-0.3, -0.25) is 4.79 Å². The molecule has 0 spiro atoms. The second-order valence-corrected chi connectivity index (χ2v) is 5.93. The average molecular weight is 285 g/mol. The molecule has 0 aliphatic carbocycles. The van der Waals surface area contributed by atoms with Crippen LogP contribution < -0.4 is 5.32 Å². The molecule has 1 aromatic carbocycles. The monoisotopic (exact) mass is 285 g/mol. The van der Waals surface area contributed by atoms with Crippen LogP contribution >= 0.6 is 23.5 Å². The number of hydrogen-bond acceptors (Lipinski definition) is 4. The average Bonchev–Trinajstić information content (AvgIpc) is 2.39. The third-order valence-electron chi connectivity index (χ3n) is 2.33. The minimum absolute atomic E-state index is 0.00615. The van der Waals surface area contributed by atoms with E-state index in [0.717, 1.165) is 16.3 Å². The number of hydrogen-bond donors (Lipinski definition) is 2. The lowest BCUT2D eigenvalue weighted by Crippen LogP contribution is -2.16. The molecule has 0 saturated carbocycles. The van der Waals surface area contributed by atoms with Crippen molar-refractivity contribution in [2.75, 3.05) is 29.7 Å². The lowest BCUT2D eigenvalue weighted by molar-refractivity contribution is -0.113. The Balaban J connectivity index is 2.40. The Hall–Kier alpha value is -0.650. The van der Waals surface area contributed by atoms with Crippen LogP contribution in [-0.4, -0.2) is 35.4 Å². The Labute approximate surface area is 117 Å². The standard InChI is InChI=1S/C13H19NO2S2/c1-10(7-15)8-18-9-13(16)14-11-5-3-4-6-12(11)17-2/h3-6,10,15H,7-9H2,1-2H3,(H,14,16). The van der Waals surface area contributed by atoms with Crippen LogP contribution in [0.4, 0.5) is 5.69 Å². The predicted molar refractivity (Wildman–Crippen MR) is 80.4 cm³/mol. The van der Waals surface area contributed by atoms with Gasteiger partial charge in [-0.15, -0.1) is 11.8 Å². The summed E-state index contributed by atoms with van der Waals surface area (Å²) in [6.07, 6.45) is 1.99. The van der Waals surface area contributed by atoms with E-state index in [1.165, 1.54) is 0 Å². The van der Waals surface area contributed by atoms with Crippen LogP contribution in [0.3, 0.4) is 0 Å². The van der Waals surface area contributed by atoms with E-state index in [1.807, 2.05) is 37.4 Å². The molecular weight excluding hydrogens is 266 g/mol. The van der Waals surface area contributed by atoms with Crippen molar-refractivity contribution in [2.45, 2.75) is 11.8 Å². The fourth-order valence-electron chi connectivity index (χ4n) is 1.34. The molecule has 18 heavy (non-hydrogen) atoms. The molecule has 0 fully saturated rings. The number of aliphatic hydroxyl groups is 1. The van der Waals surface area contributed by atoms with Crippen molar-refractivity contribution in [3.8, 4) is 0 Å². The van der Waals surface area contributed by atoms with Gasteiger partial charge in [0.1, 0.15) is 0 Å². The normalized spacial score (nSPS) is 12.2. The molecule has 0 aliphatic heterocycles. The molecule has 1 aromatic rings. The number of anilines is 1. The largest absolute Gasteiger partial charge is 0.396 e. The van der Waals surface area contributed by atoms with Gasteiger partial charge in [-0.05, 0) is 30.1 Å². The maximum absolute atomic E-state index is 11.7. The maximum atomic E-state index is 11.7. The SMILES string of the molecule is CSc1ccccc1NC(=O)CSCC(C)CO. The first-order valence-corrected chi connectivity index (χ1v) is 8.16. The zero-order valence-electron chi connectivity index (χ0n) is 10.7. The highest BCUT2D eigenvalue weighted by Crippen LogP contribution is 2.24. The van der Waals surface area contributed by atoms with Gasteiger partial charge in [-0.1, -0.05) is 19.1 Å². The van der Waals surface area contributed by atoms with E-state index >= 15 is 0 Å². The molecule has 3 nitrogen and oxygen atoms in total. The van der Waals surface area contributed by atoms with E-state index in [9.17, 15) is 4.79 Å². The van der Waals surface area contributed by atoms with Gasteiger partial charge in [-0.25, -0.2) is 0 Å². The Morgan fingerprint density at radius 2 is 2.17 bits per heavy atom. The highest BCUT2D eigenvalue weighted by Gasteiger charge is 2.07. The van der Waals surface area contributed by atoms with E-state index < -0.39 is 0 Å². The van der Waals surface area contributed by atoms with E-state index in [0.29, 0.717) is 5.75 Å². The predicted octanol–water partition coefficient (Wildman–Crippen LogP) is 2.71. The topological polar surface area (TPSA) is 49.3 Å². The number of thioether (sulfide) groups is 2. The van der Waals surface area contributed by atoms with Gasteiger partial charge in [0.2, 0.25) is 5.91 Å². The van der Waals surface area contributed by atoms with Crippen molar-refractivity contribution in [1.82, 2.24) is 0 Å². The molecule has 0 radical (unpaired) electrons. The first kappa shape index (κ1) is 15.4. The number of nitrogens with one attached hydrogen (secondary N) is 1. The van der Waals surface area contributed by atoms with Crippen molar-refractivity contribution in [1.29, 1.82) is 0 Å². The van der Waals surface area contributed by atoms with Gasteiger partial charge in [0.25, 0.3) is 0 Å². The second kappa shape index (κ2) is 8.45. The summed E-state index contributed by atoms with van der Waals surface area (Å²) < 4.78 is 0. The van der Waals surface area contributed by atoms with Gasteiger partial charge in [0.15, 0.2) is 0 Å². The summed E-state index contributed by atoms with van der Waals surface area (Å²) in [7, 11) is 0. The molecule has 0 aromatic heterocycles. The van der Waals surface area contributed by atoms with E-state index in [4.69, 9.17) is 5.11 Å². The van der Waals surface area contributed by atoms with Gasteiger partial charge in [0.05, 0.1) is 11.4 Å². The lowest BCUT2D eigenvalue weighted by Gasteiger charge is -2.10. The molecule has 100 valence electrons. The molecule has 5 heteroatoms. The molecule has 1 atom stereocenters. The van der Waals surface area contributed by atoms with E-state index in [-0.39, 0.29) is 18.4 Å². The summed E-state index contributed by atoms with van der Waals surface area (Å²) in [5.41, 5.74) is 0.866. The number of carbonyl (C=O) groups excluding carboxylic acids is 1. The van der Waals surface area contributed by atoms with Crippen LogP contribution in [-0.2, 0) is 4.79 Å². The van der Waals surface area contributed by atoms with Crippen molar-refractivity contribution in [3.63, 3.8) is 0 Å². The van der Waals surface area contributed by atoms with E-state index in [2.05, 4.69) is 5.32 Å². The Kier molecular flexibility index (Phi) is 7.23. The van der Waals surface area contributed by atoms with Gasteiger partial charge < -0.3 is 10.4 Å². The number of aliphatic hydroxyl groups excluding tert-OH is 1. The zero-order chi connectivity index (χ0) is 13.4. The number of rotatable bonds is 7. The summed E-state index contributed by atoms with van der Waals surface area (Å²) >= 11 is 3.16. The van der Waals surface area contributed by atoms with Crippen LogP contribution in [0.15, 0.2) is 29.2 Å². The maximum Gasteiger partial charge on any atom is 0.234 e. The Morgan fingerprint density at radius 1 is 1.44 bits per heavy atom. The molecule has 0 saturated heterocycles. The smallest absolute Gasteiger partial charge is 0.234 e. The first-order valence-electron chi connectivity index (χ1n) is 5.78. The molecular formula is C13H19NO2S2. The fraction of sp³-hybridized carbons (Fsp3) is 0.462. The quantitative estimate of drug-likeness (QED) is 0.756. The number of para-hydroxylation sites is 1. The third kappa shape index (κ3) is 5.33.